The molecule has 1 aliphatic rings. The molecule has 0 saturated carbocycles. The Kier molecular flexibility index (Phi) is 3.19. The molecule has 0 spiro atoms. The molecule has 1 saturated heterocycles. The maximum absolute atomic E-state index is 12.7. The molecule has 0 aliphatic carbocycles. The first-order chi connectivity index (χ1) is 7.75. The number of allylic oxidation sites excluding steroid dienone is 1. The molecule has 0 atom stereocenters. The van der Waals surface area contributed by atoms with Crippen molar-refractivity contribution in [1.82, 2.24) is 10.6 Å². The van der Waals surface area contributed by atoms with Crippen LogP contribution in [0.2, 0.25) is 0 Å². The van der Waals surface area contributed by atoms with Gasteiger partial charge in [-0.15, -0.1) is 0 Å². The Balaban J connectivity index is 2.09. The van der Waals surface area contributed by atoms with E-state index in [0.717, 1.165) is 25.3 Å². The third kappa shape index (κ3) is 2.59. The van der Waals surface area contributed by atoms with E-state index in [-0.39, 0.29) is 11.6 Å². The highest BCUT2D eigenvalue weighted by atomic mass is 19.1. The van der Waals surface area contributed by atoms with Gasteiger partial charge < -0.3 is 10.6 Å². The summed E-state index contributed by atoms with van der Waals surface area (Å²) in [4.78, 5) is 11.7. The first-order valence-corrected chi connectivity index (χ1v) is 5.25. The van der Waals surface area contributed by atoms with Gasteiger partial charge >= 0.3 is 0 Å². The standard InChI is InChI=1S/C12H13FN2O/c13-10-4-2-9(3-5-10)11(16)8-12-14-6-1-7-15-12/h2-5,8,14-15H,1,6-7H2. The van der Waals surface area contributed by atoms with Crippen LogP contribution in [0.1, 0.15) is 16.8 Å². The van der Waals surface area contributed by atoms with Crippen molar-refractivity contribution >= 4 is 5.78 Å². The average molecular weight is 220 g/mol. The smallest absolute Gasteiger partial charge is 0.189 e. The highest BCUT2D eigenvalue weighted by molar-refractivity contribution is 6.04. The molecule has 0 radical (unpaired) electrons. The summed E-state index contributed by atoms with van der Waals surface area (Å²) in [5.74, 6) is 0.274. The van der Waals surface area contributed by atoms with Crippen LogP contribution in [0.15, 0.2) is 36.2 Å². The monoisotopic (exact) mass is 220 g/mol. The number of hydrogen-bond acceptors (Lipinski definition) is 3. The fraction of sp³-hybridized carbons (Fsp3) is 0.250. The van der Waals surface area contributed by atoms with Crippen molar-refractivity contribution in [3.05, 3.63) is 47.5 Å². The highest BCUT2D eigenvalue weighted by Gasteiger charge is 2.07. The SMILES string of the molecule is O=C(C=C1NCCCN1)c1ccc(F)cc1. The minimum Gasteiger partial charge on any atom is -0.372 e. The first-order valence-electron chi connectivity index (χ1n) is 5.25. The van der Waals surface area contributed by atoms with E-state index in [1.54, 1.807) is 0 Å². The lowest BCUT2D eigenvalue weighted by atomic mass is 10.1. The van der Waals surface area contributed by atoms with Crippen molar-refractivity contribution in [2.45, 2.75) is 6.42 Å². The number of halogens is 1. The molecule has 1 aromatic rings. The van der Waals surface area contributed by atoms with E-state index in [2.05, 4.69) is 10.6 Å². The number of carbonyl (C=O) groups excluding carboxylic acids is 1. The van der Waals surface area contributed by atoms with Gasteiger partial charge in [-0.3, -0.25) is 4.79 Å². The zero-order valence-corrected chi connectivity index (χ0v) is 8.79. The number of hydrogen-bond donors (Lipinski definition) is 2. The molecule has 1 aromatic carbocycles. The average Bonchev–Trinajstić information content (AvgIpc) is 2.31. The Bertz CT molecular complexity index is 404. The minimum absolute atomic E-state index is 0.128. The molecule has 3 nitrogen and oxygen atoms in total. The molecule has 0 unspecified atom stereocenters. The summed E-state index contributed by atoms with van der Waals surface area (Å²) in [6.07, 6.45) is 2.55. The Morgan fingerprint density at radius 2 is 1.81 bits per heavy atom. The fourth-order valence-corrected chi connectivity index (χ4v) is 1.53. The van der Waals surface area contributed by atoms with Crippen molar-refractivity contribution < 1.29 is 9.18 Å². The topological polar surface area (TPSA) is 41.1 Å². The molecule has 2 N–H and O–H groups in total. The van der Waals surface area contributed by atoms with Crippen LogP contribution in [-0.2, 0) is 0 Å². The maximum Gasteiger partial charge on any atom is 0.189 e. The van der Waals surface area contributed by atoms with Gasteiger partial charge in [-0.2, -0.15) is 0 Å². The second-order valence-electron chi connectivity index (χ2n) is 3.64. The molecule has 4 heteroatoms. The molecule has 0 amide bonds. The number of rotatable bonds is 2. The van der Waals surface area contributed by atoms with Crippen LogP contribution >= 0.6 is 0 Å². The molecule has 0 aromatic heterocycles. The van der Waals surface area contributed by atoms with Gasteiger partial charge in [-0.1, -0.05) is 0 Å². The van der Waals surface area contributed by atoms with Crippen LogP contribution < -0.4 is 10.6 Å². The molecule has 0 bridgehead atoms. The van der Waals surface area contributed by atoms with Gasteiger partial charge in [0.1, 0.15) is 11.6 Å². The van der Waals surface area contributed by atoms with Crippen LogP contribution in [0.3, 0.4) is 0 Å². The molecule has 1 heterocycles. The van der Waals surface area contributed by atoms with Gasteiger partial charge in [-0.05, 0) is 30.7 Å². The van der Waals surface area contributed by atoms with Crippen molar-refractivity contribution in [2.24, 2.45) is 0 Å². The van der Waals surface area contributed by atoms with Crippen molar-refractivity contribution in [3.8, 4) is 0 Å². The molecule has 84 valence electrons. The summed E-state index contributed by atoms with van der Waals surface area (Å²) < 4.78 is 12.7. The highest BCUT2D eigenvalue weighted by Crippen LogP contribution is 2.05. The molecular formula is C12H13FN2O. The third-order valence-corrected chi connectivity index (χ3v) is 2.39. The zero-order chi connectivity index (χ0) is 11.4. The normalized spacial score (nSPS) is 14.9. The Morgan fingerprint density at radius 3 is 2.44 bits per heavy atom. The third-order valence-electron chi connectivity index (χ3n) is 2.39. The van der Waals surface area contributed by atoms with Gasteiger partial charge in [0.05, 0.1) is 0 Å². The summed E-state index contributed by atoms with van der Waals surface area (Å²) in [6, 6.07) is 5.54. The Hall–Kier alpha value is -1.84. The first kappa shape index (κ1) is 10.7. The van der Waals surface area contributed by atoms with Crippen molar-refractivity contribution in [2.75, 3.05) is 13.1 Å². The van der Waals surface area contributed by atoms with Gasteiger partial charge in [0.25, 0.3) is 0 Å². The summed E-state index contributed by atoms with van der Waals surface area (Å²) in [6.45, 7) is 1.74. The molecule has 1 aliphatic heterocycles. The molecule has 16 heavy (non-hydrogen) atoms. The van der Waals surface area contributed by atoms with E-state index in [1.165, 1.54) is 30.3 Å². The van der Waals surface area contributed by atoms with Gasteiger partial charge in [0.15, 0.2) is 5.78 Å². The van der Waals surface area contributed by atoms with Crippen LogP contribution in [0.25, 0.3) is 0 Å². The lowest BCUT2D eigenvalue weighted by molar-refractivity contribution is 0.104. The Labute approximate surface area is 93.4 Å². The number of nitrogens with one attached hydrogen (secondary N) is 2. The largest absolute Gasteiger partial charge is 0.372 e. The quantitative estimate of drug-likeness (QED) is 0.585. The van der Waals surface area contributed by atoms with Gasteiger partial charge in [0, 0.05) is 24.7 Å². The summed E-state index contributed by atoms with van der Waals surface area (Å²) in [5.41, 5.74) is 0.489. The predicted octanol–water partition coefficient (Wildman–Crippen LogP) is 1.43. The second-order valence-corrected chi connectivity index (χ2v) is 3.64. The van der Waals surface area contributed by atoms with Crippen LogP contribution in [0.4, 0.5) is 4.39 Å². The van der Waals surface area contributed by atoms with Crippen LogP contribution in [-0.4, -0.2) is 18.9 Å². The Morgan fingerprint density at radius 1 is 1.19 bits per heavy atom. The van der Waals surface area contributed by atoms with Crippen molar-refractivity contribution in [3.63, 3.8) is 0 Å². The van der Waals surface area contributed by atoms with E-state index >= 15 is 0 Å². The van der Waals surface area contributed by atoms with E-state index in [1.807, 2.05) is 0 Å². The van der Waals surface area contributed by atoms with E-state index < -0.39 is 0 Å². The molecule has 2 rings (SSSR count). The summed E-state index contributed by atoms with van der Waals surface area (Å²) in [7, 11) is 0. The van der Waals surface area contributed by atoms with Crippen molar-refractivity contribution in [1.29, 1.82) is 0 Å². The van der Waals surface area contributed by atoms with Crippen LogP contribution in [0, 0.1) is 5.82 Å². The van der Waals surface area contributed by atoms with Crippen LogP contribution in [0.5, 0.6) is 0 Å². The lowest BCUT2D eigenvalue weighted by Gasteiger charge is -2.18. The van der Waals surface area contributed by atoms with E-state index in [0.29, 0.717) is 5.56 Å². The predicted molar refractivity (Wildman–Crippen MR) is 59.4 cm³/mol. The second kappa shape index (κ2) is 4.79. The molecule has 1 fully saturated rings. The van der Waals surface area contributed by atoms with E-state index in [9.17, 15) is 9.18 Å². The summed E-state index contributed by atoms with van der Waals surface area (Å²) in [5, 5.41) is 6.17. The van der Waals surface area contributed by atoms with Gasteiger partial charge in [0.2, 0.25) is 0 Å². The number of ketones is 1. The number of benzene rings is 1. The fourth-order valence-electron chi connectivity index (χ4n) is 1.53. The van der Waals surface area contributed by atoms with Gasteiger partial charge in [-0.25, -0.2) is 4.39 Å². The number of carbonyl (C=O) groups is 1. The minimum atomic E-state index is -0.335. The zero-order valence-electron chi connectivity index (χ0n) is 8.79. The summed E-state index contributed by atoms with van der Waals surface area (Å²) >= 11 is 0. The lowest BCUT2D eigenvalue weighted by Crippen LogP contribution is -2.35. The molecular weight excluding hydrogens is 207 g/mol. The van der Waals surface area contributed by atoms with E-state index in [4.69, 9.17) is 0 Å². The maximum atomic E-state index is 12.7.